The summed E-state index contributed by atoms with van der Waals surface area (Å²) in [5.74, 6) is -0.169. The van der Waals surface area contributed by atoms with Crippen molar-refractivity contribution in [3.8, 4) is 0 Å². The zero-order valence-corrected chi connectivity index (χ0v) is 16.3. The number of aromatic amines is 1. The molecule has 1 aliphatic carbocycles. The Morgan fingerprint density at radius 3 is 2.59 bits per heavy atom. The van der Waals surface area contributed by atoms with E-state index in [1.165, 1.54) is 5.56 Å². The molecule has 0 saturated heterocycles. The summed E-state index contributed by atoms with van der Waals surface area (Å²) in [6.45, 7) is 0.527. The molecular formula is C23H26N4O2. The molecule has 6 heteroatoms. The normalized spacial score (nSPS) is 14.3. The fourth-order valence-corrected chi connectivity index (χ4v) is 3.44. The molecule has 6 nitrogen and oxygen atoms in total. The van der Waals surface area contributed by atoms with E-state index in [-0.39, 0.29) is 18.0 Å². The van der Waals surface area contributed by atoms with Gasteiger partial charge in [-0.15, -0.1) is 0 Å². The topological polar surface area (TPSA) is 86.0 Å². The first-order valence-corrected chi connectivity index (χ1v) is 10.1. The number of aromatic nitrogens is 1. The van der Waals surface area contributed by atoms with Gasteiger partial charge in [-0.3, -0.25) is 4.79 Å². The summed E-state index contributed by atoms with van der Waals surface area (Å²) in [5.41, 5.74) is 3.20. The molecule has 1 saturated carbocycles. The Morgan fingerprint density at radius 2 is 1.79 bits per heavy atom. The third-order valence-electron chi connectivity index (χ3n) is 5.19. The molecule has 150 valence electrons. The highest BCUT2D eigenvalue weighted by atomic mass is 16.2. The number of para-hydroxylation sites is 1. The van der Waals surface area contributed by atoms with E-state index >= 15 is 0 Å². The molecule has 4 N–H and O–H groups in total. The van der Waals surface area contributed by atoms with Crippen LogP contribution in [0.2, 0.25) is 0 Å². The Balaban J connectivity index is 1.41. The molecule has 1 atom stereocenters. The molecule has 1 aliphatic rings. The SMILES string of the molecule is O=C(NC1CC1)N[C@@H](Cc1c[nH]c2ccccc12)C(=O)NCCc1ccccc1. The molecule has 1 heterocycles. The monoisotopic (exact) mass is 390 g/mol. The Morgan fingerprint density at radius 1 is 1.03 bits per heavy atom. The molecule has 3 aromatic rings. The highest BCUT2D eigenvalue weighted by molar-refractivity contribution is 5.89. The maximum Gasteiger partial charge on any atom is 0.315 e. The van der Waals surface area contributed by atoms with Gasteiger partial charge < -0.3 is 20.9 Å². The Bertz CT molecular complexity index is 979. The first-order chi connectivity index (χ1) is 14.2. The summed E-state index contributed by atoms with van der Waals surface area (Å²) < 4.78 is 0. The minimum atomic E-state index is -0.635. The number of H-pyrrole nitrogens is 1. The zero-order valence-electron chi connectivity index (χ0n) is 16.3. The molecule has 1 aromatic heterocycles. The van der Waals surface area contributed by atoms with E-state index in [0.29, 0.717) is 13.0 Å². The predicted molar refractivity (Wildman–Crippen MR) is 114 cm³/mol. The van der Waals surface area contributed by atoms with Gasteiger partial charge in [0.2, 0.25) is 5.91 Å². The van der Waals surface area contributed by atoms with Gasteiger partial charge in [-0.25, -0.2) is 4.79 Å². The fraction of sp³-hybridized carbons (Fsp3) is 0.304. The van der Waals surface area contributed by atoms with Crippen LogP contribution in [0.4, 0.5) is 4.79 Å². The van der Waals surface area contributed by atoms with Crippen molar-refractivity contribution in [3.63, 3.8) is 0 Å². The number of fused-ring (bicyclic) bond motifs is 1. The molecule has 29 heavy (non-hydrogen) atoms. The number of rotatable bonds is 8. The number of carbonyl (C=O) groups is 2. The van der Waals surface area contributed by atoms with Crippen LogP contribution in [-0.4, -0.2) is 35.6 Å². The van der Waals surface area contributed by atoms with Gasteiger partial charge in [0, 0.05) is 36.1 Å². The lowest BCUT2D eigenvalue weighted by molar-refractivity contribution is -0.122. The maximum absolute atomic E-state index is 12.9. The third-order valence-corrected chi connectivity index (χ3v) is 5.19. The molecule has 0 spiro atoms. The summed E-state index contributed by atoms with van der Waals surface area (Å²) in [6.07, 6.45) is 5.10. The van der Waals surface area contributed by atoms with E-state index < -0.39 is 6.04 Å². The lowest BCUT2D eigenvalue weighted by Gasteiger charge is -2.19. The second kappa shape index (κ2) is 8.82. The van der Waals surface area contributed by atoms with Gasteiger partial charge in [0.05, 0.1) is 0 Å². The second-order valence-electron chi connectivity index (χ2n) is 7.53. The van der Waals surface area contributed by atoms with E-state index in [0.717, 1.165) is 35.7 Å². The lowest BCUT2D eigenvalue weighted by Crippen LogP contribution is -2.51. The van der Waals surface area contributed by atoms with Crippen molar-refractivity contribution in [1.29, 1.82) is 0 Å². The molecule has 0 unspecified atom stereocenters. The van der Waals surface area contributed by atoms with Crippen LogP contribution < -0.4 is 16.0 Å². The van der Waals surface area contributed by atoms with Gasteiger partial charge in [0.1, 0.15) is 6.04 Å². The van der Waals surface area contributed by atoms with E-state index in [1.54, 1.807) is 0 Å². The fourth-order valence-electron chi connectivity index (χ4n) is 3.44. The van der Waals surface area contributed by atoms with Crippen molar-refractivity contribution in [2.45, 2.75) is 37.8 Å². The van der Waals surface area contributed by atoms with Crippen molar-refractivity contribution in [2.75, 3.05) is 6.54 Å². The van der Waals surface area contributed by atoms with Crippen LogP contribution in [0.5, 0.6) is 0 Å². The van der Waals surface area contributed by atoms with Crippen LogP contribution in [0.25, 0.3) is 10.9 Å². The number of carbonyl (C=O) groups excluding carboxylic acids is 2. The average molecular weight is 390 g/mol. The van der Waals surface area contributed by atoms with E-state index in [4.69, 9.17) is 0 Å². The van der Waals surface area contributed by atoms with Crippen LogP contribution in [0, 0.1) is 0 Å². The summed E-state index contributed by atoms with van der Waals surface area (Å²) in [4.78, 5) is 28.4. The first kappa shape index (κ1) is 19.1. The van der Waals surface area contributed by atoms with Crippen LogP contribution in [-0.2, 0) is 17.6 Å². The van der Waals surface area contributed by atoms with Gasteiger partial charge in [-0.1, -0.05) is 48.5 Å². The van der Waals surface area contributed by atoms with Crippen molar-refractivity contribution >= 4 is 22.8 Å². The first-order valence-electron chi connectivity index (χ1n) is 10.1. The number of hydrogen-bond donors (Lipinski definition) is 4. The molecular weight excluding hydrogens is 364 g/mol. The number of benzene rings is 2. The lowest BCUT2D eigenvalue weighted by atomic mass is 10.0. The van der Waals surface area contributed by atoms with E-state index in [1.807, 2.05) is 60.8 Å². The predicted octanol–water partition coefficient (Wildman–Crippen LogP) is 2.90. The standard InChI is InChI=1S/C23H26N4O2/c28-22(24-13-12-16-6-2-1-3-7-16)21(27-23(29)26-18-10-11-18)14-17-15-25-20-9-5-4-8-19(17)20/h1-9,15,18,21,25H,10-14H2,(H,24,28)(H2,26,27,29)/t21-/m0/s1. The van der Waals surface area contributed by atoms with Crippen molar-refractivity contribution in [3.05, 3.63) is 71.9 Å². The number of urea groups is 1. The van der Waals surface area contributed by atoms with Crippen LogP contribution >= 0.6 is 0 Å². The van der Waals surface area contributed by atoms with Crippen LogP contribution in [0.3, 0.4) is 0 Å². The second-order valence-corrected chi connectivity index (χ2v) is 7.53. The Hall–Kier alpha value is -3.28. The van der Waals surface area contributed by atoms with E-state index in [2.05, 4.69) is 20.9 Å². The van der Waals surface area contributed by atoms with Gasteiger partial charge >= 0.3 is 6.03 Å². The average Bonchev–Trinajstić information content (AvgIpc) is 3.46. The molecule has 0 aliphatic heterocycles. The Labute approximate surface area is 170 Å². The van der Waals surface area contributed by atoms with Gasteiger partial charge in [0.25, 0.3) is 0 Å². The van der Waals surface area contributed by atoms with Crippen molar-refractivity contribution in [2.24, 2.45) is 0 Å². The van der Waals surface area contributed by atoms with Crippen molar-refractivity contribution < 1.29 is 9.59 Å². The molecule has 0 bridgehead atoms. The van der Waals surface area contributed by atoms with Crippen molar-refractivity contribution in [1.82, 2.24) is 20.9 Å². The molecule has 2 aromatic carbocycles. The maximum atomic E-state index is 12.9. The van der Waals surface area contributed by atoms with Crippen LogP contribution in [0.1, 0.15) is 24.0 Å². The summed E-state index contributed by atoms with van der Waals surface area (Å²) in [5, 5.41) is 9.81. The highest BCUT2D eigenvalue weighted by Crippen LogP contribution is 2.20. The quantitative estimate of drug-likeness (QED) is 0.477. The molecule has 0 radical (unpaired) electrons. The zero-order chi connectivity index (χ0) is 20.1. The van der Waals surface area contributed by atoms with Gasteiger partial charge in [-0.05, 0) is 36.5 Å². The minimum Gasteiger partial charge on any atom is -0.361 e. The summed E-state index contributed by atoms with van der Waals surface area (Å²) >= 11 is 0. The third kappa shape index (κ3) is 5.16. The largest absolute Gasteiger partial charge is 0.361 e. The Kier molecular flexibility index (Phi) is 5.79. The van der Waals surface area contributed by atoms with Gasteiger partial charge in [0.15, 0.2) is 0 Å². The molecule has 1 fully saturated rings. The summed E-state index contributed by atoms with van der Waals surface area (Å²) in [7, 11) is 0. The smallest absolute Gasteiger partial charge is 0.315 e. The van der Waals surface area contributed by atoms with Gasteiger partial charge in [-0.2, -0.15) is 0 Å². The molecule has 4 rings (SSSR count). The minimum absolute atomic E-state index is 0.169. The number of amides is 3. The number of hydrogen-bond acceptors (Lipinski definition) is 2. The highest BCUT2D eigenvalue weighted by Gasteiger charge is 2.27. The number of nitrogens with one attached hydrogen (secondary N) is 4. The van der Waals surface area contributed by atoms with E-state index in [9.17, 15) is 9.59 Å². The van der Waals surface area contributed by atoms with Crippen LogP contribution in [0.15, 0.2) is 60.8 Å². The summed E-state index contributed by atoms with van der Waals surface area (Å²) in [6, 6.07) is 17.3. The molecule has 3 amide bonds.